The van der Waals surface area contributed by atoms with Crippen LogP contribution in [-0.4, -0.2) is 55.5 Å². The van der Waals surface area contributed by atoms with E-state index in [0.717, 1.165) is 0 Å². The van der Waals surface area contributed by atoms with Gasteiger partial charge in [-0.25, -0.2) is 9.37 Å². The van der Waals surface area contributed by atoms with Crippen LogP contribution in [0.15, 0.2) is 29.3 Å². The molecule has 12 heteroatoms. The molecule has 2 saturated carbocycles. The van der Waals surface area contributed by atoms with Crippen LogP contribution in [0.4, 0.5) is 21.7 Å². The number of alkyl halides is 1. The van der Waals surface area contributed by atoms with Gasteiger partial charge < -0.3 is 25.6 Å². The molecule has 34 heavy (non-hydrogen) atoms. The average molecular weight is 490 g/mol. The van der Waals surface area contributed by atoms with Gasteiger partial charge in [0.15, 0.2) is 5.65 Å². The van der Waals surface area contributed by atoms with Crippen molar-refractivity contribution in [1.82, 2.24) is 24.5 Å². The molecule has 2 fully saturated rings. The number of carbonyl (C=O) groups is 1. The molecule has 1 amide bonds. The lowest BCUT2D eigenvalue weighted by Gasteiger charge is -2.27. The van der Waals surface area contributed by atoms with Gasteiger partial charge in [-0.15, -0.1) is 0 Å². The second kappa shape index (κ2) is 8.88. The van der Waals surface area contributed by atoms with Gasteiger partial charge in [0.05, 0.1) is 23.4 Å². The largest absolute Gasteiger partial charge is 0.393 e. The van der Waals surface area contributed by atoms with Crippen LogP contribution in [0.5, 0.6) is 0 Å². The minimum absolute atomic E-state index is 0.0506. The highest BCUT2D eigenvalue weighted by molar-refractivity contribution is 6.30. The Balaban J connectivity index is 1.48. The number of rotatable bonds is 6. The molecular weight excluding hydrogens is 465 g/mol. The molecule has 5 rings (SSSR count). The van der Waals surface area contributed by atoms with E-state index in [1.807, 2.05) is 0 Å². The fourth-order valence-electron chi connectivity index (χ4n) is 4.33. The van der Waals surface area contributed by atoms with E-state index >= 15 is 0 Å². The molecule has 0 aliphatic heterocycles. The summed E-state index contributed by atoms with van der Waals surface area (Å²) in [5, 5.41) is 23.1. The number of fused-ring (bicyclic) bond motifs is 1. The first-order valence-electron chi connectivity index (χ1n) is 11.2. The first kappa shape index (κ1) is 22.6. The lowest BCUT2D eigenvalue weighted by Crippen LogP contribution is -2.30. The molecule has 3 heterocycles. The Morgan fingerprint density at radius 3 is 2.68 bits per heavy atom. The van der Waals surface area contributed by atoms with Crippen LogP contribution in [-0.2, 0) is 0 Å². The van der Waals surface area contributed by atoms with Gasteiger partial charge in [-0.05, 0) is 31.7 Å². The summed E-state index contributed by atoms with van der Waals surface area (Å²) in [6.07, 6.45) is 4.56. The standard InChI is InChI=1S/C22H25ClFN7O3/c1-25-19-8-18(29-20-14(9-26-31(19)20)21(33)28-16-7-15(16)24)27-17-6-11(23)10-30(22(17)34)12-2-4-13(32)5-3-12/h6,8-10,12-13,15-16,25,32H,2-5,7H2,1H3,(H,27,29)(H,28,33)/t12?,13?,15-,16+/m1/s1. The van der Waals surface area contributed by atoms with E-state index in [0.29, 0.717) is 48.8 Å². The Bertz CT molecular complexity index is 1300. The van der Waals surface area contributed by atoms with Gasteiger partial charge >= 0.3 is 0 Å². The number of nitrogens with one attached hydrogen (secondary N) is 3. The van der Waals surface area contributed by atoms with Gasteiger partial charge in [-0.1, -0.05) is 11.6 Å². The predicted molar refractivity (Wildman–Crippen MR) is 126 cm³/mol. The normalized spacial score (nSPS) is 24.1. The van der Waals surface area contributed by atoms with Crippen LogP contribution in [0.3, 0.4) is 0 Å². The van der Waals surface area contributed by atoms with Crippen LogP contribution >= 0.6 is 11.6 Å². The molecule has 0 unspecified atom stereocenters. The molecule has 3 aromatic heterocycles. The Labute approximate surface area is 199 Å². The topological polar surface area (TPSA) is 126 Å². The van der Waals surface area contributed by atoms with Crippen LogP contribution in [0.2, 0.25) is 5.02 Å². The Hall–Kier alpha value is -3.18. The third kappa shape index (κ3) is 4.32. The number of pyridine rings is 1. The number of hydrogen-bond acceptors (Lipinski definition) is 7. The maximum atomic E-state index is 13.2. The van der Waals surface area contributed by atoms with Crippen molar-refractivity contribution < 1.29 is 14.3 Å². The predicted octanol–water partition coefficient (Wildman–Crippen LogP) is 2.65. The van der Waals surface area contributed by atoms with Gasteiger partial charge in [0.1, 0.15) is 29.1 Å². The summed E-state index contributed by atoms with van der Waals surface area (Å²) in [7, 11) is 1.70. The van der Waals surface area contributed by atoms with E-state index in [2.05, 4.69) is 26.0 Å². The zero-order chi connectivity index (χ0) is 24.0. The van der Waals surface area contributed by atoms with Crippen molar-refractivity contribution >= 4 is 40.5 Å². The van der Waals surface area contributed by atoms with Crippen LogP contribution in [0.1, 0.15) is 48.5 Å². The zero-order valence-corrected chi connectivity index (χ0v) is 19.2. The maximum absolute atomic E-state index is 13.2. The van der Waals surface area contributed by atoms with E-state index in [1.165, 1.54) is 16.8 Å². The van der Waals surface area contributed by atoms with Crippen molar-refractivity contribution in [2.24, 2.45) is 0 Å². The van der Waals surface area contributed by atoms with Crippen molar-refractivity contribution in [1.29, 1.82) is 0 Å². The summed E-state index contributed by atoms with van der Waals surface area (Å²) in [6, 6.07) is 2.65. The number of halogens is 2. The van der Waals surface area contributed by atoms with Crippen LogP contribution < -0.4 is 21.5 Å². The highest BCUT2D eigenvalue weighted by atomic mass is 35.5. The fraction of sp³-hybridized carbons (Fsp3) is 0.455. The third-order valence-electron chi connectivity index (χ3n) is 6.33. The lowest BCUT2D eigenvalue weighted by atomic mass is 9.93. The number of anilines is 3. The second-order valence-corrected chi connectivity index (χ2v) is 9.21. The first-order chi connectivity index (χ1) is 16.3. The van der Waals surface area contributed by atoms with Crippen LogP contribution in [0, 0.1) is 0 Å². The fourth-order valence-corrected chi connectivity index (χ4v) is 4.54. The number of aliphatic hydroxyl groups is 1. The minimum Gasteiger partial charge on any atom is -0.393 e. The van der Waals surface area contributed by atoms with Crippen molar-refractivity contribution in [2.45, 2.75) is 56.5 Å². The van der Waals surface area contributed by atoms with E-state index in [9.17, 15) is 19.1 Å². The summed E-state index contributed by atoms with van der Waals surface area (Å²) in [6.45, 7) is 0. The molecule has 4 N–H and O–H groups in total. The zero-order valence-electron chi connectivity index (χ0n) is 18.5. The van der Waals surface area contributed by atoms with Crippen molar-refractivity contribution in [2.75, 3.05) is 17.7 Å². The minimum atomic E-state index is -1.03. The maximum Gasteiger partial charge on any atom is 0.274 e. The van der Waals surface area contributed by atoms with Gasteiger partial charge in [0, 0.05) is 31.8 Å². The third-order valence-corrected chi connectivity index (χ3v) is 6.54. The Morgan fingerprint density at radius 2 is 2.00 bits per heavy atom. The molecule has 0 spiro atoms. The van der Waals surface area contributed by atoms with E-state index in [4.69, 9.17) is 11.6 Å². The molecule has 2 atom stereocenters. The van der Waals surface area contributed by atoms with E-state index in [-0.39, 0.29) is 34.6 Å². The van der Waals surface area contributed by atoms with Gasteiger partial charge in [0.2, 0.25) is 0 Å². The molecule has 3 aromatic rings. The molecular formula is C22H25ClFN7O3. The number of aromatic nitrogens is 4. The number of carbonyl (C=O) groups excluding carboxylic acids is 1. The first-order valence-corrected chi connectivity index (χ1v) is 11.6. The number of aliphatic hydroxyl groups excluding tert-OH is 1. The Kier molecular flexibility index (Phi) is 5.90. The summed E-state index contributed by atoms with van der Waals surface area (Å²) in [5.74, 6) is 0.382. The molecule has 0 saturated heterocycles. The summed E-state index contributed by atoms with van der Waals surface area (Å²) < 4.78 is 16.3. The second-order valence-electron chi connectivity index (χ2n) is 8.77. The highest BCUT2D eigenvalue weighted by Crippen LogP contribution is 2.30. The monoisotopic (exact) mass is 489 g/mol. The Morgan fingerprint density at radius 1 is 1.26 bits per heavy atom. The summed E-state index contributed by atoms with van der Waals surface area (Å²) in [4.78, 5) is 30.4. The number of hydrogen-bond donors (Lipinski definition) is 4. The molecule has 0 radical (unpaired) electrons. The van der Waals surface area contributed by atoms with Gasteiger partial charge in [-0.3, -0.25) is 9.59 Å². The van der Waals surface area contributed by atoms with Crippen molar-refractivity contribution in [3.05, 3.63) is 45.5 Å². The molecule has 0 aromatic carbocycles. The SMILES string of the molecule is CNc1cc(Nc2cc(Cl)cn(C3CCC(O)CC3)c2=O)nc2c(C(=O)N[C@H]3C[C@H]3F)cnn12. The molecule has 2 aliphatic carbocycles. The summed E-state index contributed by atoms with van der Waals surface area (Å²) >= 11 is 6.33. The van der Waals surface area contributed by atoms with E-state index < -0.39 is 18.1 Å². The molecule has 10 nitrogen and oxygen atoms in total. The molecule has 180 valence electrons. The smallest absolute Gasteiger partial charge is 0.274 e. The van der Waals surface area contributed by atoms with Gasteiger partial charge in [-0.2, -0.15) is 9.61 Å². The van der Waals surface area contributed by atoms with Gasteiger partial charge in [0.25, 0.3) is 11.5 Å². The number of amides is 1. The molecule has 0 bridgehead atoms. The summed E-state index contributed by atoms with van der Waals surface area (Å²) in [5.41, 5.74) is 0.434. The van der Waals surface area contributed by atoms with Crippen molar-refractivity contribution in [3.63, 3.8) is 0 Å². The number of nitrogens with zero attached hydrogens (tertiary/aromatic N) is 4. The highest BCUT2D eigenvalue weighted by Gasteiger charge is 2.39. The van der Waals surface area contributed by atoms with Crippen LogP contribution in [0.25, 0.3) is 5.65 Å². The molecule has 2 aliphatic rings. The van der Waals surface area contributed by atoms with Crippen molar-refractivity contribution in [3.8, 4) is 0 Å². The van der Waals surface area contributed by atoms with E-state index in [1.54, 1.807) is 23.9 Å². The quantitative estimate of drug-likeness (QED) is 0.419. The average Bonchev–Trinajstić information content (AvgIpc) is 3.33. The lowest BCUT2D eigenvalue weighted by molar-refractivity contribution is 0.0949.